The Bertz CT molecular complexity index is 1350. The maximum atomic E-state index is 13.0. The van der Waals surface area contributed by atoms with Gasteiger partial charge in [0, 0.05) is 36.5 Å². The van der Waals surface area contributed by atoms with Crippen LogP contribution in [0.5, 0.6) is 0 Å². The van der Waals surface area contributed by atoms with E-state index in [1.165, 1.54) is 0 Å². The standard InChI is InChI=1S/C28H28N6O3/c29-25(21-12-5-7-14-23(21)34-15-8-17-36-18-16-34)37-28(30)33-26-27(35)31-22-13-6-4-11-20(22)24(32-26)19-9-2-1-3-10-19/h1-7,9-14,26,29H,8,15-18H2,(H2,30,33)(H,31,35). The van der Waals surface area contributed by atoms with E-state index in [0.29, 0.717) is 36.7 Å². The number of aliphatic imine (C=N–C) groups is 2. The first kappa shape index (κ1) is 24.2. The van der Waals surface area contributed by atoms with Gasteiger partial charge in [-0.3, -0.25) is 10.2 Å². The van der Waals surface area contributed by atoms with Gasteiger partial charge in [-0.1, -0.05) is 60.7 Å². The highest BCUT2D eigenvalue weighted by molar-refractivity contribution is 6.19. The molecule has 2 aliphatic heterocycles. The van der Waals surface area contributed by atoms with Crippen molar-refractivity contribution < 1.29 is 14.3 Å². The number of nitrogens with zero attached hydrogens (tertiary/aromatic N) is 3. The lowest BCUT2D eigenvalue weighted by Crippen LogP contribution is -2.31. The Labute approximate surface area is 215 Å². The fraction of sp³-hybridized carbons (Fsp3) is 0.214. The Kier molecular flexibility index (Phi) is 7.23. The van der Waals surface area contributed by atoms with Crippen LogP contribution in [-0.2, 0) is 14.3 Å². The molecule has 0 saturated carbocycles. The zero-order valence-electron chi connectivity index (χ0n) is 20.3. The largest absolute Gasteiger partial charge is 0.407 e. The van der Waals surface area contributed by atoms with E-state index in [9.17, 15) is 4.79 Å². The van der Waals surface area contributed by atoms with Gasteiger partial charge in [0.25, 0.3) is 11.9 Å². The van der Waals surface area contributed by atoms with E-state index in [2.05, 4.69) is 20.2 Å². The van der Waals surface area contributed by atoms with Crippen molar-refractivity contribution in [3.8, 4) is 0 Å². The Balaban J connectivity index is 1.42. The van der Waals surface area contributed by atoms with Crippen LogP contribution in [0.1, 0.15) is 23.1 Å². The van der Waals surface area contributed by atoms with Crippen LogP contribution in [0.4, 0.5) is 11.4 Å². The second-order valence-electron chi connectivity index (χ2n) is 8.62. The van der Waals surface area contributed by atoms with Gasteiger partial charge in [-0.15, -0.1) is 0 Å². The predicted molar refractivity (Wildman–Crippen MR) is 145 cm³/mol. The summed E-state index contributed by atoms with van der Waals surface area (Å²) in [7, 11) is 0. The number of fused-ring (bicyclic) bond motifs is 1. The molecule has 3 aromatic rings. The fourth-order valence-corrected chi connectivity index (χ4v) is 4.39. The number of carbonyl (C=O) groups excluding carboxylic acids is 1. The van der Waals surface area contributed by atoms with E-state index in [0.717, 1.165) is 29.8 Å². The van der Waals surface area contributed by atoms with Crippen LogP contribution in [0, 0.1) is 5.41 Å². The smallest absolute Gasteiger partial charge is 0.291 e. The zero-order chi connectivity index (χ0) is 25.6. The molecule has 2 aliphatic rings. The Morgan fingerprint density at radius 3 is 2.65 bits per heavy atom. The number of hydrogen-bond acceptors (Lipinski definition) is 7. The van der Waals surface area contributed by atoms with Crippen LogP contribution < -0.4 is 16.0 Å². The average Bonchev–Trinajstić information content (AvgIpc) is 3.28. The molecule has 0 aliphatic carbocycles. The summed E-state index contributed by atoms with van der Waals surface area (Å²) in [6.07, 6.45) is -0.291. The van der Waals surface area contributed by atoms with Crippen molar-refractivity contribution in [2.75, 3.05) is 36.5 Å². The summed E-state index contributed by atoms with van der Waals surface area (Å²) < 4.78 is 11.2. The Hall–Kier alpha value is -4.50. The Morgan fingerprint density at radius 2 is 1.78 bits per heavy atom. The number of nitrogens with one attached hydrogen (secondary N) is 2. The summed E-state index contributed by atoms with van der Waals surface area (Å²) in [6.45, 7) is 2.86. The molecule has 0 bridgehead atoms. The molecule has 9 nitrogen and oxygen atoms in total. The molecule has 1 fully saturated rings. The van der Waals surface area contributed by atoms with Crippen LogP contribution >= 0.6 is 0 Å². The molecule has 1 unspecified atom stereocenters. The number of para-hydroxylation sites is 2. The van der Waals surface area contributed by atoms with Crippen LogP contribution in [0.3, 0.4) is 0 Å². The van der Waals surface area contributed by atoms with Crippen molar-refractivity contribution in [1.29, 1.82) is 5.41 Å². The number of amides is 1. The monoisotopic (exact) mass is 496 g/mol. The highest BCUT2D eigenvalue weighted by atomic mass is 16.5. The summed E-state index contributed by atoms with van der Waals surface area (Å²) in [5.41, 5.74) is 10.4. The minimum absolute atomic E-state index is 0.161. The molecule has 4 N–H and O–H groups in total. The molecule has 3 aromatic carbocycles. The number of benzodiazepines with no additional fused rings is 1. The number of nitrogens with two attached hydrogens (primary N) is 1. The average molecular weight is 497 g/mol. The van der Waals surface area contributed by atoms with Crippen molar-refractivity contribution in [2.24, 2.45) is 15.7 Å². The van der Waals surface area contributed by atoms with Crippen LogP contribution in [-0.4, -0.2) is 56.0 Å². The first-order chi connectivity index (χ1) is 18.1. The van der Waals surface area contributed by atoms with Crippen molar-refractivity contribution in [2.45, 2.75) is 12.6 Å². The number of anilines is 2. The molecule has 1 atom stereocenters. The lowest BCUT2D eigenvalue weighted by molar-refractivity contribution is -0.117. The van der Waals surface area contributed by atoms with Crippen LogP contribution in [0.2, 0.25) is 0 Å². The second kappa shape index (κ2) is 11.0. The van der Waals surface area contributed by atoms with Crippen LogP contribution in [0.25, 0.3) is 0 Å². The van der Waals surface area contributed by atoms with E-state index >= 15 is 0 Å². The molecule has 5 rings (SSSR count). The van der Waals surface area contributed by atoms with E-state index in [-0.39, 0.29) is 11.9 Å². The predicted octanol–water partition coefficient (Wildman–Crippen LogP) is 3.39. The molecule has 0 radical (unpaired) electrons. The zero-order valence-corrected chi connectivity index (χ0v) is 20.3. The summed E-state index contributed by atoms with van der Waals surface area (Å²) >= 11 is 0. The third-order valence-corrected chi connectivity index (χ3v) is 6.14. The normalized spacial score (nSPS) is 18.1. The summed E-state index contributed by atoms with van der Waals surface area (Å²) in [4.78, 5) is 24.1. The lowest BCUT2D eigenvalue weighted by Gasteiger charge is -2.24. The van der Waals surface area contributed by atoms with E-state index < -0.39 is 12.1 Å². The molecule has 37 heavy (non-hydrogen) atoms. The number of hydrogen-bond donors (Lipinski definition) is 3. The quantitative estimate of drug-likeness (QED) is 0.377. The van der Waals surface area contributed by atoms with Gasteiger partial charge in [0.2, 0.25) is 12.1 Å². The Morgan fingerprint density at radius 1 is 1.03 bits per heavy atom. The van der Waals surface area contributed by atoms with Gasteiger partial charge in [-0.2, -0.15) is 4.99 Å². The molecule has 0 aromatic heterocycles. The molecule has 9 heteroatoms. The van der Waals surface area contributed by atoms with E-state index in [4.69, 9.17) is 20.6 Å². The maximum absolute atomic E-state index is 13.0. The van der Waals surface area contributed by atoms with Gasteiger partial charge in [0.05, 0.1) is 23.6 Å². The molecule has 2 heterocycles. The summed E-state index contributed by atoms with van der Waals surface area (Å²) in [5.74, 6) is -0.604. The van der Waals surface area contributed by atoms with Crippen molar-refractivity contribution in [1.82, 2.24) is 0 Å². The van der Waals surface area contributed by atoms with Gasteiger partial charge in [0.15, 0.2) is 0 Å². The number of amidine groups is 1. The van der Waals surface area contributed by atoms with Gasteiger partial charge in [-0.25, -0.2) is 4.99 Å². The highest BCUT2D eigenvalue weighted by Gasteiger charge is 2.26. The minimum Gasteiger partial charge on any atom is -0.407 e. The molecule has 1 amide bonds. The highest BCUT2D eigenvalue weighted by Crippen LogP contribution is 2.25. The van der Waals surface area contributed by atoms with E-state index in [1.54, 1.807) is 6.07 Å². The lowest BCUT2D eigenvalue weighted by atomic mass is 10.0. The number of carbonyl (C=O) groups is 1. The molecule has 188 valence electrons. The van der Waals surface area contributed by atoms with Crippen molar-refractivity contribution in [3.05, 3.63) is 95.6 Å². The van der Waals surface area contributed by atoms with Crippen molar-refractivity contribution in [3.63, 3.8) is 0 Å². The SMILES string of the molecule is N=C(O/C(N)=N/C1N=C(c2ccccc2)c2ccccc2NC1=O)c1ccccc1N1CCCOCC1. The number of benzene rings is 3. The number of rotatable bonds is 4. The first-order valence-corrected chi connectivity index (χ1v) is 12.2. The summed E-state index contributed by atoms with van der Waals surface area (Å²) in [5, 5.41) is 11.5. The first-order valence-electron chi connectivity index (χ1n) is 12.2. The van der Waals surface area contributed by atoms with Gasteiger partial charge in [0.1, 0.15) is 0 Å². The third-order valence-electron chi connectivity index (χ3n) is 6.14. The van der Waals surface area contributed by atoms with Gasteiger partial charge in [-0.05, 0) is 24.6 Å². The molecular weight excluding hydrogens is 468 g/mol. The molecule has 1 saturated heterocycles. The maximum Gasteiger partial charge on any atom is 0.291 e. The molecular formula is C28H28N6O3. The third kappa shape index (κ3) is 5.52. The minimum atomic E-state index is -1.19. The summed E-state index contributed by atoms with van der Waals surface area (Å²) in [6, 6.07) is 24.2. The van der Waals surface area contributed by atoms with Crippen LogP contribution in [0.15, 0.2) is 88.8 Å². The van der Waals surface area contributed by atoms with E-state index in [1.807, 2.05) is 72.8 Å². The van der Waals surface area contributed by atoms with Gasteiger partial charge >= 0.3 is 0 Å². The topological polar surface area (TPSA) is 125 Å². The molecule has 0 spiro atoms. The van der Waals surface area contributed by atoms with Gasteiger partial charge < -0.3 is 25.4 Å². The number of ether oxygens (including phenoxy) is 2. The van der Waals surface area contributed by atoms with Crippen molar-refractivity contribution >= 4 is 34.9 Å². The fourth-order valence-electron chi connectivity index (χ4n) is 4.39. The second-order valence-corrected chi connectivity index (χ2v) is 8.62.